The van der Waals surface area contributed by atoms with Gasteiger partial charge in [-0.2, -0.15) is 0 Å². The third-order valence-corrected chi connectivity index (χ3v) is 2.69. The second-order valence-electron chi connectivity index (χ2n) is 4.13. The minimum Gasteiger partial charge on any atom is -0.387 e. The lowest BCUT2D eigenvalue weighted by atomic mass is 10.0. The molecule has 4 heteroatoms. The Hall–Kier alpha value is -1.68. The van der Waals surface area contributed by atoms with Crippen LogP contribution in [0.1, 0.15) is 18.5 Å². The van der Waals surface area contributed by atoms with Crippen LogP contribution in [-0.4, -0.2) is 27.7 Å². The Kier molecular flexibility index (Phi) is 3.88. The zero-order chi connectivity index (χ0) is 12.1. The van der Waals surface area contributed by atoms with Gasteiger partial charge >= 0.3 is 0 Å². The van der Waals surface area contributed by atoms with E-state index in [9.17, 15) is 5.11 Å². The van der Waals surface area contributed by atoms with E-state index in [-0.39, 0.29) is 0 Å². The molecule has 4 nitrogen and oxygen atoms in total. The standard InChI is InChI=1S/C13H17N3O/c1-10-7-13(16-9-15-10)14-8-12(17)11-5-3-2-4-6-11/h3,5-7,9,12,17H,2,4,8H2,1H3,(H,14,15,16)/t12-/m0/s1. The maximum Gasteiger partial charge on any atom is 0.129 e. The summed E-state index contributed by atoms with van der Waals surface area (Å²) < 4.78 is 0. The molecular weight excluding hydrogens is 214 g/mol. The lowest BCUT2D eigenvalue weighted by Gasteiger charge is -2.15. The second kappa shape index (κ2) is 5.59. The molecule has 2 rings (SSSR count). The number of aliphatic hydroxyl groups excluding tert-OH is 1. The van der Waals surface area contributed by atoms with Gasteiger partial charge in [-0.05, 0) is 25.3 Å². The van der Waals surface area contributed by atoms with Crippen molar-refractivity contribution in [1.29, 1.82) is 0 Å². The Morgan fingerprint density at radius 3 is 3.00 bits per heavy atom. The Balaban J connectivity index is 1.89. The largest absolute Gasteiger partial charge is 0.387 e. The van der Waals surface area contributed by atoms with Gasteiger partial charge < -0.3 is 10.4 Å². The molecule has 0 bridgehead atoms. The van der Waals surface area contributed by atoms with Gasteiger partial charge in [0.25, 0.3) is 0 Å². The molecule has 0 unspecified atom stereocenters. The molecule has 2 N–H and O–H groups in total. The Labute approximate surface area is 101 Å². The van der Waals surface area contributed by atoms with E-state index < -0.39 is 6.10 Å². The molecule has 1 aromatic heterocycles. The molecule has 1 atom stereocenters. The van der Waals surface area contributed by atoms with Crippen LogP contribution in [0.15, 0.2) is 36.2 Å². The number of allylic oxidation sites excluding steroid dienone is 2. The summed E-state index contributed by atoms with van der Waals surface area (Å²) in [7, 11) is 0. The predicted molar refractivity (Wildman–Crippen MR) is 67.7 cm³/mol. The Morgan fingerprint density at radius 1 is 1.41 bits per heavy atom. The number of hydrogen-bond donors (Lipinski definition) is 2. The van der Waals surface area contributed by atoms with E-state index in [1.807, 2.05) is 19.1 Å². The van der Waals surface area contributed by atoms with Crippen LogP contribution in [0.3, 0.4) is 0 Å². The minimum atomic E-state index is -0.484. The third-order valence-electron chi connectivity index (χ3n) is 2.69. The third kappa shape index (κ3) is 3.39. The molecular formula is C13H17N3O. The fraction of sp³-hybridized carbons (Fsp3) is 0.385. The van der Waals surface area contributed by atoms with Crippen molar-refractivity contribution < 1.29 is 5.11 Å². The maximum absolute atomic E-state index is 9.98. The van der Waals surface area contributed by atoms with Crippen molar-refractivity contribution in [3.8, 4) is 0 Å². The van der Waals surface area contributed by atoms with Crippen molar-refractivity contribution in [2.75, 3.05) is 11.9 Å². The highest BCUT2D eigenvalue weighted by Crippen LogP contribution is 2.14. The molecule has 0 radical (unpaired) electrons. The zero-order valence-corrected chi connectivity index (χ0v) is 9.93. The highest BCUT2D eigenvalue weighted by atomic mass is 16.3. The number of hydrogen-bond acceptors (Lipinski definition) is 4. The van der Waals surface area contributed by atoms with E-state index >= 15 is 0 Å². The predicted octanol–water partition coefficient (Wildman–Crippen LogP) is 1.83. The highest BCUT2D eigenvalue weighted by molar-refractivity contribution is 5.36. The number of aromatic nitrogens is 2. The summed E-state index contributed by atoms with van der Waals surface area (Å²) in [4.78, 5) is 8.11. The molecule has 1 heterocycles. The molecule has 0 saturated heterocycles. The summed E-state index contributed by atoms with van der Waals surface area (Å²) >= 11 is 0. The molecule has 0 spiro atoms. The van der Waals surface area contributed by atoms with E-state index in [2.05, 4.69) is 27.4 Å². The van der Waals surface area contributed by atoms with Crippen molar-refractivity contribution in [2.45, 2.75) is 25.9 Å². The van der Waals surface area contributed by atoms with Crippen LogP contribution in [0.2, 0.25) is 0 Å². The quantitative estimate of drug-likeness (QED) is 0.830. The summed E-state index contributed by atoms with van der Waals surface area (Å²) in [5, 5.41) is 13.1. The van der Waals surface area contributed by atoms with Gasteiger partial charge in [0, 0.05) is 18.3 Å². The fourth-order valence-corrected chi connectivity index (χ4v) is 1.75. The molecule has 1 aliphatic carbocycles. The van der Waals surface area contributed by atoms with Crippen molar-refractivity contribution in [3.63, 3.8) is 0 Å². The van der Waals surface area contributed by atoms with E-state index in [1.165, 1.54) is 6.33 Å². The van der Waals surface area contributed by atoms with Crippen molar-refractivity contribution >= 4 is 5.82 Å². The van der Waals surface area contributed by atoms with Crippen molar-refractivity contribution in [3.05, 3.63) is 41.9 Å². The van der Waals surface area contributed by atoms with E-state index in [1.54, 1.807) is 0 Å². The number of nitrogens with zero attached hydrogens (tertiary/aromatic N) is 2. The normalized spacial score (nSPS) is 16.5. The second-order valence-corrected chi connectivity index (χ2v) is 4.13. The zero-order valence-electron chi connectivity index (χ0n) is 9.93. The summed E-state index contributed by atoms with van der Waals surface area (Å²) in [5.74, 6) is 0.747. The lowest BCUT2D eigenvalue weighted by molar-refractivity contribution is 0.227. The first-order chi connectivity index (χ1) is 8.25. The van der Waals surface area contributed by atoms with Crippen LogP contribution < -0.4 is 5.32 Å². The first kappa shape index (κ1) is 11.8. The summed E-state index contributed by atoms with van der Waals surface area (Å²) in [6, 6.07) is 1.86. The fourth-order valence-electron chi connectivity index (χ4n) is 1.75. The molecule has 1 aliphatic rings. The van der Waals surface area contributed by atoms with Gasteiger partial charge in [0.2, 0.25) is 0 Å². The molecule has 1 aromatic rings. The van der Waals surface area contributed by atoms with Crippen LogP contribution in [0.4, 0.5) is 5.82 Å². The monoisotopic (exact) mass is 231 g/mol. The smallest absolute Gasteiger partial charge is 0.129 e. The first-order valence-corrected chi connectivity index (χ1v) is 5.83. The van der Waals surface area contributed by atoms with Gasteiger partial charge in [-0.25, -0.2) is 9.97 Å². The van der Waals surface area contributed by atoms with Gasteiger partial charge in [0.15, 0.2) is 0 Å². The van der Waals surface area contributed by atoms with Crippen molar-refractivity contribution in [2.24, 2.45) is 0 Å². The van der Waals surface area contributed by atoms with Crippen LogP contribution >= 0.6 is 0 Å². The molecule has 90 valence electrons. The average molecular weight is 231 g/mol. The van der Waals surface area contributed by atoms with Crippen LogP contribution in [-0.2, 0) is 0 Å². The number of aryl methyl sites for hydroxylation is 1. The number of anilines is 1. The maximum atomic E-state index is 9.98. The Morgan fingerprint density at radius 2 is 2.29 bits per heavy atom. The van der Waals surface area contributed by atoms with Gasteiger partial charge in [0.1, 0.15) is 12.1 Å². The van der Waals surface area contributed by atoms with E-state index in [0.29, 0.717) is 6.54 Å². The number of rotatable bonds is 4. The molecule has 0 saturated carbocycles. The molecule has 0 fully saturated rings. The average Bonchev–Trinajstić information content (AvgIpc) is 2.37. The van der Waals surface area contributed by atoms with Gasteiger partial charge in [-0.1, -0.05) is 18.2 Å². The molecule has 0 aliphatic heterocycles. The van der Waals surface area contributed by atoms with Crippen LogP contribution in [0.5, 0.6) is 0 Å². The Bertz CT molecular complexity index is 440. The summed E-state index contributed by atoms with van der Waals surface area (Å²) in [6.07, 6.45) is 9.27. The summed E-state index contributed by atoms with van der Waals surface area (Å²) in [6.45, 7) is 2.38. The SMILES string of the molecule is Cc1cc(NC[C@H](O)C2=CCCC=C2)ncn1. The van der Waals surface area contributed by atoms with Gasteiger partial charge in [-0.15, -0.1) is 0 Å². The van der Waals surface area contributed by atoms with Gasteiger partial charge in [0.05, 0.1) is 6.10 Å². The van der Waals surface area contributed by atoms with E-state index in [4.69, 9.17) is 0 Å². The minimum absolute atomic E-state index is 0.465. The molecule has 17 heavy (non-hydrogen) atoms. The van der Waals surface area contributed by atoms with Gasteiger partial charge in [-0.3, -0.25) is 0 Å². The topological polar surface area (TPSA) is 58.0 Å². The lowest BCUT2D eigenvalue weighted by Crippen LogP contribution is -2.22. The molecule has 0 aromatic carbocycles. The van der Waals surface area contributed by atoms with E-state index in [0.717, 1.165) is 29.9 Å². The number of nitrogens with one attached hydrogen (secondary N) is 1. The number of aliphatic hydroxyl groups is 1. The van der Waals surface area contributed by atoms with Crippen molar-refractivity contribution in [1.82, 2.24) is 9.97 Å². The first-order valence-electron chi connectivity index (χ1n) is 5.83. The van der Waals surface area contributed by atoms with Crippen LogP contribution in [0.25, 0.3) is 0 Å². The van der Waals surface area contributed by atoms with Crippen LogP contribution in [0, 0.1) is 6.92 Å². The summed E-state index contributed by atoms with van der Waals surface area (Å²) in [5.41, 5.74) is 1.89. The highest BCUT2D eigenvalue weighted by Gasteiger charge is 2.09. The molecule has 0 amide bonds.